The Bertz CT molecular complexity index is 491. The fourth-order valence-corrected chi connectivity index (χ4v) is 1.49. The number of nitrogens with zero attached hydrogens (tertiary/aromatic N) is 1. The molecule has 0 aliphatic heterocycles. The zero-order chi connectivity index (χ0) is 10.8. The first-order valence-corrected chi connectivity index (χ1v) is 4.84. The molecule has 2 aromatic rings. The first kappa shape index (κ1) is 10.2. The maximum absolute atomic E-state index is 10.5. The minimum atomic E-state index is 0.0987. The molecule has 3 nitrogen and oxygen atoms in total. The predicted molar refractivity (Wildman–Crippen MR) is 57.3 cm³/mol. The highest BCUT2D eigenvalue weighted by atomic mass is 35.5. The molecule has 0 amide bonds. The molecular weight excluding hydrogens is 237 g/mol. The Kier molecular flexibility index (Phi) is 2.75. The summed E-state index contributed by atoms with van der Waals surface area (Å²) < 4.78 is 4.96. The third-order valence-corrected chi connectivity index (χ3v) is 2.49. The number of aldehydes is 1. The molecule has 1 aromatic carbocycles. The molecule has 1 aromatic heterocycles. The molecule has 0 aliphatic carbocycles. The van der Waals surface area contributed by atoms with E-state index in [4.69, 9.17) is 27.7 Å². The van der Waals surface area contributed by atoms with Gasteiger partial charge < -0.3 is 4.52 Å². The average molecular weight is 242 g/mol. The summed E-state index contributed by atoms with van der Waals surface area (Å²) in [6, 6.07) is 6.89. The lowest BCUT2D eigenvalue weighted by Gasteiger charge is -1.95. The van der Waals surface area contributed by atoms with Crippen molar-refractivity contribution in [3.63, 3.8) is 0 Å². The fourth-order valence-electron chi connectivity index (χ4n) is 1.15. The highest BCUT2D eigenvalue weighted by Gasteiger charge is 2.14. The van der Waals surface area contributed by atoms with Gasteiger partial charge in [-0.2, -0.15) is 0 Å². The lowest BCUT2D eigenvalue weighted by molar-refractivity contribution is 0.111. The largest absolute Gasteiger partial charge is 0.354 e. The number of benzene rings is 1. The van der Waals surface area contributed by atoms with Gasteiger partial charge >= 0.3 is 0 Å². The molecule has 0 atom stereocenters. The van der Waals surface area contributed by atoms with Crippen molar-refractivity contribution >= 4 is 29.5 Å². The zero-order valence-corrected chi connectivity index (χ0v) is 8.92. The SMILES string of the molecule is O=Cc1noc(-c2ccc(Cl)cc2)c1Cl. The van der Waals surface area contributed by atoms with Crippen molar-refractivity contribution in [1.29, 1.82) is 0 Å². The summed E-state index contributed by atoms with van der Waals surface area (Å²) in [6.07, 6.45) is 0.547. The molecule has 0 bridgehead atoms. The van der Waals surface area contributed by atoms with E-state index in [1.807, 2.05) is 0 Å². The van der Waals surface area contributed by atoms with Crippen molar-refractivity contribution in [2.75, 3.05) is 0 Å². The second kappa shape index (κ2) is 4.04. The summed E-state index contributed by atoms with van der Waals surface area (Å²) in [5.41, 5.74) is 0.826. The van der Waals surface area contributed by atoms with Gasteiger partial charge in [0.05, 0.1) is 0 Å². The molecule has 0 aliphatic rings. The summed E-state index contributed by atoms with van der Waals surface area (Å²) in [7, 11) is 0. The van der Waals surface area contributed by atoms with Crippen LogP contribution < -0.4 is 0 Å². The van der Waals surface area contributed by atoms with Crippen molar-refractivity contribution < 1.29 is 9.32 Å². The Labute approximate surface area is 95.6 Å². The quantitative estimate of drug-likeness (QED) is 0.757. The van der Waals surface area contributed by atoms with Crippen molar-refractivity contribution in [3.8, 4) is 11.3 Å². The Morgan fingerprint density at radius 1 is 1.20 bits per heavy atom. The van der Waals surface area contributed by atoms with Crippen LogP contribution in [0.3, 0.4) is 0 Å². The van der Waals surface area contributed by atoms with Gasteiger partial charge in [0.15, 0.2) is 17.7 Å². The molecule has 0 saturated carbocycles. The summed E-state index contributed by atoms with van der Waals surface area (Å²) in [4.78, 5) is 10.5. The summed E-state index contributed by atoms with van der Waals surface area (Å²) in [6.45, 7) is 0. The highest BCUT2D eigenvalue weighted by molar-refractivity contribution is 6.35. The minimum Gasteiger partial charge on any atom is -0.354 e. The van der Waals surface area contributed by atoms with Gasteiger partial charge in [-0.15, -0.1) is 0 Å². The number of halogens is 2. The molecular formula is C10H5Cl2NO2. The molecule has 0 N–H and O–H groups in total. The van der Waals surface area contributed by atoms with Gasteiger partial charge in [0.2, 0.25) is 0 Å². The molecule has 0 spiro atoms. The third-order valence-electron chi connectivity index (χ3n) is 1.88. The van der Waals surface area contributed by atoms with Crippen molar-refractivity contribution in [1.82, 2.24) is 5.16 Å². The van der Waals surface area contributed by atoms with E-state index in [-0.39, 0.29) is 10.7 Å². The number of hydrogen-bond acceptors (Lipinski definition) is 3. The van der Waals surface area contributed by atoms with E-state index in [0.717, 1.165) is 5.56 Å². The van der Waals surface area contributed by atoms with Crippen LogP contribution in [0, 0.1) is 0 Å². The second-order valence-electron chi connectivity index (χ2n) is 2.84. The molecule has 0 saturated heterocycles. The lowest BCUT2D eigenvalue weighted by atomic mass is 10.1. The summed E-state index contributed by atoms with van der Waals surface area (Å²) in [5.74, 6) is 0.371. The normalized spacial score (nSPS) is 10.3. The first-order valence-electron chi connectivity index (χ1n) is 4.08. The molecule has 0 unspecified atom stereocenters. The van der Waals surface area contributed by atoms with E-state index in [2.05, 4.69) is 5.16 Å². The standard InChI is InChI=1S/C10H5Cl2NO2/c11-7-3-1-6(2-4-7)10-9(12)8(5-14)13-15-10/h1-5H. The van der Waals surface area contributed by atoms with Gasteiger partial charge in [0.1, 0.15) is 5.02 Å². The third kappa shape index (κ3) is 1.89. The van der Waals surface area contributed by atoms with Crippen LogP contribution >= 0.6 is 23.2 Å². The van der Waals surface area contributed by atoms with Crippen LogP contribution in [0.1, 0.15) is 10.5 Å². The van der Waals surface area contributed by atoms with E-state index in [0.29, 0.717) is 17.1 Å². The van der Waals surface area contributed by atoms with Crippen molar-refractivity contribution in [2.45, 2.75) is 0 Å². The first-order chi connectivity index (χ1) is 7.22. The van der Waals surface area contributed by atoms with E-state index in [9.17, 15) is 4.79 Å². The average Bonchev–Trinajstić information content (AvgIpc) is 2.61. The van der Waals surface area contributed by atoms with Gasteiger partial charge in [-0.1, -0.05) is 28.4 Å². The maximum atomic E-state index is 10.5. The van der Waals surface area contributed by atoms with Crippen LogP contribution in [0.25, 0.3) is 11.3 Å². The second-order valence-corrected chi connectivity index (χ2v) is 3.65. The Morgan fingerprint density at radius 2 is 1.87 bits per heavy atom. The lowest BCUT2D eigenvalue weighted by Crippen LogP contribution is -1.78. The molecule has 2 rings (SSSR count). The molecule has 0 radical (unpaired) electrons. The van der Waals surface area contributed by atoms with Gasteiger partial charge in [-0.3, -0.25) is 4.79 Å². The van der Waals surface area contributed by atoms with Crippen LogP contribution in [0.15, 0.2) is 28.8 Å². The van der Waals surface area contributed by atoms with Crippen molar-refractivity contribution in [2.24, 2.45) is 0 Å². The fraction of sp³-hybridized carbons (Fsp3) is 0. The highest BCUT2D eigenvalue weighted by Crippen LogP contribution is 2.30. The molecule has 76 valence electrons. The Balaban J connectivity index is 2.49. The minimum absolute atomic E-state index is 0.0987. The molecule has 0 fully saturated rings. The van der Waals surface area contributed by atoms with Crippen LogP contribution in [-0.4, -0.2) is 11.4 Å². The predicted octanol–water partition coefficient (Wildman–Crippen LogP) is 3.46. The van der Waals surface area contributed by atoms with Crippen LogP contribution in [0.2, 0.25) is 10.0 Å². The number of hydrogen-bond donors (Lipinski definition) is 0. The van der Waals surface area contributed by atoms with E-state index in [1.165, 1.54) is 0 Å². The van der Waals surface area contributed by atoms with E-state index >= 15 is 0 Å². The van der Waals surface area contributed by atoms with Gasteiger partial charge in [-0.05, 0) is 24.3 Å². The summed E-state index contributed by atoms with van der Waals surface area (Å²) >= 11 is 11.6. The molecule has 5 heteroatoms. The monoisotopic (exact) mass is 241 g/mol. The smallest absolute Gasteiger partial charge is 0.186 e. The number of rotatable bonds is 2. The van der Waals surface area contributed by atoms with Crippen LogP contribution in [0.5, 0.6) is 0 Å². The number of aromatic nitrogens is 1. The number of carbonyl (C=O) groups excluding carboxylic acids is 1. The Morgan fingerprint density at radius 3 is 2.40 bits per heavy atom. The van der Waals surface area contributed by atoms with Gasteiger partial charge in [0, 0.05) is 10.6 Å². The van der Waals surface area contributed by atoms with Gasteiger partial charge in [-0.25, -0.2) is 0 Å². The van der Waals surface area contributed by atoms with E-state index < -0.39 is 0 Å². The maximum Gasteiger partial charge on any atom is 0.186 e. The topological polar surface area (TPSA) is 43.1 Å². The van der Waals surface area contributed by atoms with Gasteiger partial charge in [0.25, 0.3) is 0 Å². The number of carbonyl (C=O) groups is 1. The zero-order valence-electron chi connectivity index (χ0n) is 7.41. The van der Waals surface area contributed by atoms with E-state index in [1.54, 1.807) is 24.3 Å². The summed E-state index contributed by atoms with van der Waals surface area (Å²) in [5, 5.41) is 4.36. The van der Waals surface area contributed by atoms with Crippen LogP contribution in [-0.2, 0) is 0 Å². The molecule has 1 heterocycles. The van der Waals surface area contributed by atoms with Crippen LogP contribution in [0.4, 0.5) is 0 Å². The Hall–Kier alpha value is -1.32. The molecule has 15 heavy (non-hydrogen) atoms. The van der Waals surface area contributed by atoms with Crippen molar-refractivity contribution in [3.05, 3.63) is 40.0 Å².